The Morgan fingerprint density at radius 1 is 0.223 bits per heavy atom. The first-order chi connectivity index (χ1) is 57.1. The van der Waals surface area contributed by atoms with Crippen molar-refractivity contribution >= 4 is 0 Å². The number of benzene rings is 3. The zero-order chi connectivity index (χ0) is 81.6. The summed E-state index contributed by atoms with van der Waals surface area (Å²) in [6.07, 6.45) is 49.7. The summed E-state index contributed by atoms with van der Waals surface area (Å²) in [7, 11) is 0. The van der Waals surface area contributed by atoms with Gasteiger partial charge in [0.1, 0.15) is 39.3 Å². The molecule has 3 heterocycles. The Labute approximate surface area is 803 Å². The van der Waals surface area contributed by atoms with Crippen LogP contribution in [0.15, 0.2) is 36.4 Å². The van der Waals surface area contributed by atoms with E-state index in [1.807, 2.05) is 0 Å². The molecule has 3 saturated heterocycles. The molecule has 0 aromatic heterocycles. The van der Waals surface area contributed by atoms with E-state index in [9.17, 15) is 15.3 Å². The van der Waals surface area contributed by atoms with E-state index < -0.39 is 0 Å². The summed E-state index contributed by atoms with van der Waals surface area (Å²) >= 11 is 0. The molecule has 24 aliphatic carbocycles. The van der Waals surface area contributed by atoms with Crippen LogP contribution >= 0.6 is 0 Å². The summed E-state index contributed by atoms with van der Waals surface area (Å²) in [5.74, 6) is 17.6. The Balaban J connectivity index is 0.000000110. The quantitative estimate of drug-likeness (QED) is 0.231. The molecule has 3 aliphatic heterocycles. The van der Waals surface area contributed by atoms with E-state index in [1.165, 1.54) is 291 Å². The van der Waals surface area contributed by atoms with E-state index in [2.05, 4.69) is 98.7 Å². The molecular weight excluding hydrogens is 1650 g/mol. The zero-order valence-corrected chi connectivity index (χ0v) is 84.5. The Morgan fingerprint density at radius 3 is 0.446 bits per heavy atom. The average Bonchev–Trinajstić information content (AvgIpc) is 0.713. The fourth-order valence-corrected chi connectivity index (χ4v) is 35.2. The van der Waals surface area contributed by atoms with Gasteiger partial charge >= 0.3 is 51.4 Å². The van der Waals surface area contributed by atoms with E-state index in [0.717, 1.165) is 185 Å². The van der Waals surface area contributed by atoms with E-state index in [0.29, 0.717) is 56.9 Å². The minimum absolute atomic E-state index is 0. The number of nitrogens with one attached hydrogen (secondary N) is 2. The minimum Gasteiger partial charge on any atom is -0.872 e. The van der Waals surface area contributed by atoms with Crippen molar-refractivity contribution in [3.05, 3.63) is 86.5 Å². The largest absolute Gasteiger partial charge is 1.00 e. The molecule has 3 aromatic carbocycles. The third-order valence-corrected chi connectivity index (χ3v) is 38.2. The van der Waals surface area contributed by atoms with Crippen molar-refractivity contribution in [2.45, 2.75) is 342 Å². The molecule has 661 valence electrons. The third kappa shape index (κ3) is 18.8. The first-order valence-electron chi connectivity index (χ1n) is 50.8. The van der Waals surface area contributed by atoms with Gasteiger partial charge in [-0.05, 0) is 436 Å². The van der Waals surface area contributed by atoms with Crippen LogP contribution in [-0.4, -0.2) is 119 Å². The topological polar surface area (TPSA) is 133 Å². The van der Waals surface area contributed by atoms with Gasteiger partial charge in [-0.15, -0.1) is 17.2 Å². The maximum absolute atomic E-state index is 14.5. The van der Waals surface area contributed by atoms with Crippen LogP contribution in [0.1, 0.15) is 344 Å². The fraction of sp³-hybridized carbons (Fsp3) is 0.833. The maximum Gasteiger partial charge on any atom is 1.00 e. The Kier molecular flexibility index (Phi) is 27.2. The molecule has 1 radical (unpaired) electrons. The standard InChI is InChI=1S/3C30H42O.C18H36N2O6.K.La/c3*1-28(2,3)24-10-25(29-12-18-4-19(13-29)6-20(5-18)14-29)27(31)26(11-24)30-15-21-7-22(16-30)9-23(8-21)17-30;1-7-21-13-14-24-10-4-20-5-11-25-17-15-22-8-2-19(1)3-9-23-16-18-26-12-6-20;;/h3*10-11,18-23,31H,4-9,12-17H2,1-3H3;1-18H2;;/q;;;;+1;/p-1. The van der Waals surface area contributed by atoms with Gasteiger partial charge in [0.25, 0.3) is 0 Å². The summed E-state index contributed by atoms with van der Waals surface area (Å²) in [5.41, 5.74) is 13.6. The van der Waals surface area contributed by atoms with Gasteiger partial charge in [-0.1, -0.05) is 98.7 Å². The normalized spacial score (nSPS) is 42.9. The summed E-state index contributed by atoms with van der Waals surface area (Å²) < 4.78 is 34.4. The predicted octanol–water partition coefficient (Wildman–Crippen LogP) is 14.9. The van der Waals surface area contributed by atoms with Crippen LogP contribution in [0.2, 0.25) is 0 Å². The molecule has 0 unspecified atom stereocenters. The first-order valence-corrected chi connectivity index (χ1v) is 50.8. The van der Waals surface area contributed by atoms with Crippen molar-refractivity contribution in [3.63, 3.8) is 0 Å². The molecule has 3 aromatic rings. The molecule has 0 atom stereocenters. The zero-order valence-electron chi connectivity index (χ0n) is 77.8. The molecule has 30 rings (SSSR count). The number of hydrogen-bond donors (Lipinski definition) is 2. The van der Waals surface area contributed by atoms with Crippen LogP contribution in [0.4, 0.5) is 0 Å². The molecule has 0 spiro atoms. The molecule has 27 aliphatic rings. The Bertz CT molecular complexity index is 3240. The van der Waals surface area contributed by atoms with Crippen LogP contribution in [-0.2, 0) is 77.2 Å². The second kappa shape index (κ2) is 36.2. The van der Waals surface area contributed by atoms with Crippen LogP contribution in [0, 0.1) is 142 Å². The number of quaternary nitrogens is 2. The SMILES string of the molecule is C1COCC[NH+]2CCOCCOCC[NH+](CCO1)CCOCCOCC2.CC(C)(C)c1cc(C23CC4CC(CC(C4)C2)C3)c([O-])c(C23CC4CC(CC(C4)C2)C3)c1.CC(C)(C)c1cc(C23CC4CC(CC(C4)C2)C3)c([O-])c(C23CC4CC(CC(C4)C2)C3)c1.CC(C)(C)c1cc(C23CC4CC(CC(C4)C2)C3)c([O-])c(C23CC4CC(CC(C4)C2)C3)c1.[K+].[La]. The van der Waals surface area contributed by atoms with Crippen molar-refractivity contribution in [1.29, 1.82) is 0 Å². The maximum atomic E-state index is 14.5. The second-order valence-corrected chi connectivity index (χ2v) is 50.3. The Hall–Kier alpha value is -0.429. The minimum atomic E-state index is 0. The third-order valence-electron chi connectivity index (χ3n) is 38.2. The van der Waals surface area contributed by atoms with Gasteiger partial charge in [-0.2, -0.15) is 0 Å². The van der Waals surface area contributed by atoms with E-state index in [-0.39, 0.29) is 136 Å². The van der Waals surface area contributed by atoms with Crippen LogP contribution in [0.3, 0.4) is 0 Å². The van der Waals surface area contributed by atoms with Crippen molar-refractivity contribution in [3.8, 4) is 17.2 Å². The number of ether oxygens (including phenoxy) is 6. The van der Waals surface area contributed by atoms with Crippen LogP contribution in [0.5, 0.6) is 17.2 Å². The smallest absolute Gasteiger partial charge is 0.872 e. The monoisotopic (exact) mass is 1810 g/mol. The molecule has 27 fully saturated rings. The molecule has 26 bridgehead atoms. The summed E-state index contributed by atoms with van der Waals surface area (Å²) in [5, 5.41) is 43.4. The van der Waals surface area contributed by atoms with Gasteiger partial charge < -0.3 is 53.5 Å². The predicted molar refractivity (Wildman–Crippen MR) is 469 cm³/mol. The van der Waals surface area contributed by atoms with E-state index >= 15 is 0 Å². The van der Waals surface area contributed by atoms with E-state index in [1.54, 1.807) is 0 Å². The van der Waals surface area contributed by atoms with Crippen molar-refractivity contribution in [1.82, 2.24) is 0 Å². The van der Waals surface area contributed by atoms with Gasteiger partial charge in [0.05, 0.1) is 79.3 Å². The molecule has 2 N–H and O–H groups in total. The summed E-state index contributed by atoms with van der Waals surface area (Å²) in [6, 6.07) is 14.6. The van der Waals surface area contributed by atoms with Crippen LogP contribution in [0.25, 0.3) is 0 Å². The summed E-state index contributed by atoms with van der Waals surface area (Å²) in [6.45, 7) is 35.3. The summed E-state index contributed by atoms with van der Waals surface area (Å²) in [4.78, 5) is 2.88. The number of fused-ring (bicyclic) bond motifs is 21. The second-order valence-electron chi connectivity index (χ2n) is 50.3. The van der Waals surface area contributed by atoms with Crippen molar-refractivity contribution in [2.75, 3.05) is 119 Å². The molecule has 24 saturated carbocycles. The van der Waals surface area contributed by atoms with Crippen LogP contribution < -0.4 is 76.5 Å². The first kappa shape index (κ1) is 91.1. The van der Waals surface area contributed by atoms with Gasteiger partial charge in [0.15, 0.2) is 0 Å². The van der Waals surface area contributed by atoms with Gasteiger partial charge in [0.2, 0.25) is 0 Å². The number of hydrogen-bond acceptors (Lipinski definition) is 9. The molecular formula is C108H161KLaN2O9. The molecule has 11 nitrogen and oxygen atoms in total. The molecule has 0 amide bonds. The van der Waals surface area contributed by atoms with Gasteiger partial charge in [0, 0.05) is 35.6 Å². The van der Waals surface area contributed by atoms with E-state index in [4.69, 9.17) is 28.4 Å². The van der Waals surface area contributed by atoms with Gasteiger partial charge in [-0.25, -0.2) is 0 Å². The van der Waals surface area contributed by atoms with Gasteiger partial charge in [-0.3, -0.25) is 0 Å². The van der Waals surface area contributed by atoms with Crippen molar-refractivity contribution < 1.29 is 141 Å². The Morgan fingerprint density at radius 2 is 0.339 bits per heavy atom. The average molecular weight is 1810 g/mol. The molecule has 121 heavy (non-hydrogen) atoms. The fourth-order valence-electron chi connectivity index (χ4n) is 35.2. The number of rotatable bonds is 6. The molecule has 13 heteroatoms. The van der Waals surface area contributed by atoms with Crippen molar-refractivity contribution in [2.24, 2.45) is 107 Å².